The van der Waals surface area contributed by atoms with Gasteiger partial charge in [-0.15, -0.1) is 0 Å². The van der Waals surface area contributed by atoms with Gasteiger partial charge in [0.2, 0.25) is 0 Å². The molecule has 0 spiro atoms. The minimum Gasteiger partial charge on any atom is -0.378 e. The van der Waals surface area contributed by atoms with Gasteiger partial charge < -0.3 is 15.4 Å². The van der Waals surface area contributed by atoms with Crippen molar-refractivity contribution in [3.63, 3.8) is 0 Å². The molecule has 2 heterocycles. The van der Waals surface area contributed by atoms with Gasteiger partial charge in [0.25, 0.3) is 0 Å². The van der Waals surface area contributed by atoms with Crippen molar-refractivity contribution >= 4 is 5.96 Å². The van der Waals surface area contributed by atoms with Crippen molar-refractivity contribution in [2.75, 3.05) is 26.3 Å². The molecule has 0 saturated carbocycles. The molecule has 1 aliphatic rings. The number of aromatic nitrogens is 2. The summed E-state index contributed by atoms with van der Waals surface area (Å²) in [5.74, 6) is 0.608. The van der Waals surface area contributed by atoms with Gasteiger partial charge in [-0.25, -0.2) is 4.99 Å². The molecule has 2 N–H and O–H groups in total. The van der Waals surface area contributed by atoms with Gasteiger partial charge in [0.15, 0.2) is 5.96 Å². The number of aliphatic imine (C=N–C) groups is 1. The number of morpholine rings is 1. The SMILES string of the molecule is CCCCCn1cc(CN=C(N)N2CCOCC2)c(C)n1. The number of ether oxygens (including phenoxy) is 1. The molecule has 2 rings (SSSR count). The highest BCUT2D eigenvalue weighted by Gasteiger charge is 2.12. The van der Waals surface area contributed by atoms with Crippen LogP contribution < -0.4 is 5.73 Å². The zero-order chi connectivity index (χ0) is 15.1. The van der Waals surface area contributed by atoms with E-state index in [1.165, 1.54) is 19.3 Å². The number of rotatable bonds is 6. The number of hydrogen-bond donors (Lipinski definition) is 1. The van der Waals surface area contributed by atoms with E-state index in [0.29, 0.717) is 12.5 Å². The summed E-state index contributed by atoms with van der Waals surface area (Å²) < 4.78 is 7.34. The van der Waals surface area contributed by atoms with Crippen LogP contribution in [0.5, 0.6) is 0 Å². The Balaban J connectivity index is 1.89. The van der Waals surface area contributed by atoms with Crippen LogP contribution in [0.1, 0.15) is 37.4 Å². The first kappa shape index (κ1) is 15.8. The third-order valence-corrected chi connectivity index (χ3v) is 3.79. The summed E-state index contributed by atoms with van der Waals surface area (Å²) in [5, 5.41) is 4.55. The second kappa shape index (κ2) is 8.02. The molecule has 1 saturated heterocycles. The first-order chi connectivity index (χ1) is 10.2. The molecular weight excluding hydrogens is 266 g/mol. The number of nitrogens with two attached hydrogens (primary N) is 1. The highest BCUT2D eigenvalue weighted by molar-refractivity contribution is 5.78. The van der Waals surface area contributed by atoms with Gasteiger partial charge in [-0.3, -0.25) is 4.68 Å². The Morgan fingerprint density at radius 3 is 2.86 bits per heavy atom. The third kappa shape index (κ3) is 4.74. The maximum Gasteiger partial charge on any atom is 0.191 e. The van der Waals surface area contributed by atoms with Gasteiger partial charge in [0.05, 0.1) is 25.5 Å². The van der Waals surface area contributed by atoms with Crippen LogP contribution in [-0.4, -0.2) is 46.9 Å². The van der Waals surface area contributed by atoms with E-state index in [0.717, 1.165) is 44.1 Å². The predicted molar refractivity (Wildman–Crippen MR) is 84.2 cm³/mol. The Morgan fingerprint density at radius 2 is 2.14 bits per heavy atom. The molecule has 0 atom stereocenters. The summed E-state index contributed by atoms with van der Waals surface area (Å²) in [5.41, 5.74) is 8.25. The topological polar surface area (TPSA) is 68.7 Å². The fraction of sp³-hybridized carbons (Fsp3) is 0.733. The molecular formula is C15H27N5O. The number of nitrogens with zero attached hydrogens (tertiary/aromatic N) is 4. The van der Waals surface area contributed by atoms with E-state index >= 15 is 0 Å². The monoisotopic (exact) mass is 293 g/mol. The highest BCUT2D eigenvalue weighted by Crippen LogP contribution is 2.09. The van der Waals surface area contributed by atoms with Gasteiger partial charge in [-0.2, -0.15) is 5.10 Å². The summed E-state index contributed by atoms with van der Waals surface area (Å²) in [6.45, 7) is 8.93. The lowest BCUT2D eigenvalue weighted by molar-refractivity contribution is 0.0674. The lowest BCUT2D eigenvalue weighted by Crippen LogP contribution is -2.44. The summed E-state index contributed by atoms with van der Waals surface area (Å²) >= 11 is 0. The van der Waals surface area contributed by atoms with Crippen LogP contribution in [0.2, 0.25) is 0 Å². The molecule has 1 aliphatic heterocycles. The second-order valence-corrected chi connectivity index (χ2v) is 5.48. The van der Waals surface area contributed by atoms with Crippen molar-refractivity contribution < 1.29 is 4.74 Å². The fourth-order valence-corrected chi connectivity index (χ4v) is 2.41. The van der Waals surface area contributed by atoms with Gasteiger partial charge in [-0.1, -0.05) is 19.8 Å². The standard InChI is InChI=1S/C15H27N5O/c1-3-4-5-6-20-12-14(13(2)18-20)11-17-15(16)19-7-9-21-10-8-19/h12H,3-11H2,1-2H3,(H2,16,17). The Morgan fingerprint density at radius 1 is 1.38 bits per heavy atom. The molecule has 0 aromatic carbocycles. The number of hydrogen-bond acceptors (Lipinski definition) is 3. The van der Waals surface area contributed by atoms with Crippen LogP contribution in [-0.2, 0) is 17.8 Å². The minimum absolute atomic E-state index is 0.600. The molecule has 0 radical (unpaired) electrons. The van der Waals surface area contributed by atoms with Crippen LogP contribution in [0.3, 0.4) is 0 Å². The third-order valence-electron chi connectivity index (χ3n) is 3.79. The van der Waals surface area contributed by atoms with E-state index in [4.69, 9.17) is 10.5 Å². The fourth-order valence-electron chi connectivity index (χ4n) is 2.41. The van der Waals surface area contributed by atoms with Crippen LogP contribution in [0.25, 0.3) is 0 Å². The van der Waals surface area contributed by atoms with Crippen LogP contribution in [0.15, 0.2) is 11.2 Å². The van der Waals surface area contributed by atoms with Crippen molar-refractivity contribution in [2.24, 2.45) is 10.7 Å². The van der Waals surface area contributed by atoms with Crippen molar-refractivity contribution in [1.29, 1.82) is 0 Å². The molecule has 6 heteroatoms. The van der Waals surface area contributed by atoms with Crippen molar-refractivity contribution in [2.45, 2.75) is 46.2 Å². The maximum absolute atomic E-state index is 6.04. The molecule has 1 aromatic heterocycles. The van der Waals surface area contributed by atoms with E-state index in [9.17, 15) is 0 Å². The first-order valence-corrected chi connectivity index (χ1v) is 7.86. The molecule has 0 aliphatic carbocycles. The predicted octanol–water partition coefficient (Wildman–Crippen LogP) is 1.53. The molecule has 6 nitrogen and oxygen atoms in total. The normalized spacial score (nSPS) is 16.5. The summed E-state index contributed by atoms with van der Waals surface area (Å²) in [7, 11) is 0. The van der Waals surface area contributed by atoms with Gasteiger partial charge in [0.1, 0.15) is 0 Å². The van der Waals surface area contributed by atoms with E-state index in [2.05, 4.69) is 28.1 Å². The van der Waals surface area contributed by atoms with E-state index < -0.39 is 0 Å². The lowest BCUT2D eigenvalue weighted by atomic mass is 10.2. The number of aryl methyl sites for hydroxylation is 2. The largest absolute Gasteiger partial charge is 0.378 e. The van der Waals surface area contributed by atoms with Crippen LogP contribution in [0, 0.1) is 6.92 Å². The smallest absolute Gasteiger partial charge is 0.191 e. The van der Waals surface area contributed by atoms with E-state index in [1.54, 1.807) is 0 Å². The zero-order valence-corrected chi connectivity index (χ0v) is 13.2. The Kier molecular flexibility index (Phi) is 6.04. The van der Waals surface area contributed by atoms with Crippen molar-refractivity contribution in [1.82, 2.24) is 14.7 Å². The van der Waals surface area contributed by atoms with E-state index in [1.807, 2.05) is 11.6 Å². The maximum atomic E-state index is 6.04. The Bertz CT molecular complexity index is 463. The highest BCUT2D eigenvalue weighted by atomic mass is 16.5. The van der Waals surface area contributed by atoms with Gasteiger partial charge in [0, 0.05) is 31.4 Å². The summed E-state index contributed by atoms with van der Waals surface area (Å²) in [4.78, 5) is 6.57. The Hall–Kier alpha value is -1.56. The van der Waals surface area contributed by atoms with Gasteiger partial charge >= 0.3 is 0 Å². The quantitative estimate of drug-likeness (QED) is 0.490. The summed E-state index contributed by atoms with van der Waals surface area (Å²) in [6.07, 6.45) is 5.75. The number of unbranched alkanes of at least 4 members (excludes halogenated alkanes) is 2. The number of guanidine groups is 1. The molecule has 21 heavy (non-hydrogen) atoms. The first-order valence-electron chi connectivity index (χ1n) is 7.86. The zero-order valence-electron chi connectivity index (χ0n) is 13.2. The van der Waals surface area contributed by atoms with Crippen LogP contribution in [0.4, 0.5) is 0 Å². The van der Waals surface area contributed by atoms with Crippen molar-refractivity contribution in [3.8, 4) is 0 Å². The molecule has 1 aromatic rings. The minimum atomic E-state index is 0.600. The molecule has 118 valence electrons. The van der Waals surface area contributed by atoms with Gasteiger partial charge in [-0.05, 0) is 13.3 Å². The average Bonchev–Trinajstić information content (AvgIpc) is 2.86. The molecule has 0 unspecified atom stereocenters. The lowest BCUT2D eigenvalue weighted by Gasteiger charge is -2.27. The molecule has 1 fully saturated rings. The molecule has 0 amide bonds. The average molecular weight is 293 g/mol. The Labute approximate surface area is 127 Å². The summed E-state index contributed by atoms with van der Waals surface area (Å²) in [6, 6.07) is 0. The van der Waals surface area contributed by atoms with E-state index in [-0.39, 0.29) is 0 Å². The van der Waals surface area contributed by atoms with Crippen LogP contribution >= 0.6 is 0 Å². The molecule has 0 bridgehead atoms. The second-order valence-electron chi connectivity index (χ2n) is 5.48. The van der Waals surface area contributed by atoms with Crippen molar-refractivity contribution in [3.05, 3.63) is 17.5 Å².